The molecule has 2 aromatic carbocycles. The number of aryl methyl sites for hydroxylation is 2. The van der Waals surface area contributed by atoms with Gasteiger partial charge in [-0.15, -0.1) is 0 Å². The number of nitrogens with one attached hydrogen (secondary N) is 2. The van der Waals surface area contributed by atoms with Crippen LogP contribution in [-0.2, 0) is 15.1 Å². The number of nitrogens with zero attached hydrogens (tertiary/aromatic N) is 3. The first-order chi connectivity index (χ1) is 16.2. The molecule has 4 rings (SSSR count). The van der Waals surface area contributed by atoms with Crippen molar-refractivity contribution in [2.45, 2.75) is 31.5 Å². The van der Waals surface area contributed by atoms with E-state index in [1.165, 1.54) is 18.9 Å². The Morgan fingerprint density at radius 2 is 2.00 bits per heavy atom. The summed E-state index contributed by atoms with van der Waals surface area (Å²) < 4.78 is 7.12. The minimum absolute atomic E-state index is 0.0329. The molecule has 34 heavy (non-hydrogen) atoms. The normalized spacial score (nSPS) is 17.6. The van der Waals surface area contributed by atoms with Crippen LogP contribution in [0.2, 0.25) is 0 Å². The van der Waals surface area contributed by atoms with Gasteiger partial charge in [0, 0.05) is 12.4 Å². The Balaban J connectivity index is 1.44. The third kappa shape index (κ3) is 4.36. The van der Waals surface area contributed by atoms with Gasteiger partial charge in [-0.1, -0.05) is 41.6 Å². The van der Waals surface area contributed by atoms with E-state index < -0.39 is 23.4 Å². The molecule has 1 aliphatic rings. The third-order valence-corrected chi connectivity index (χ3v) is 6.59. The highest BCUT2D eigenvalue weighted by Gasteiger charge is 2.50. The average molecular weight is 480 g/mol. The highest BCUT2D eigenvalue weighted by Crippen LogP contribution is 2.30. The van der Waals surface area contributed by atoms with E-state index in [1.54, 1.807) is 37.4 Å². The van der Waals surface area contributed by atoms with Crippen molar-refractivity contribution in [1.29, 1.82) is 0 Å². The number of carbonyl (C=O) groups excluding carboxylic acids is 3. The van der Waals surface area contributed by atoms with E-state index in [4.69, 9.17) is 4.74 Å². The highest BCUT2D eigenvalue weighted by atomic mass is 32.2. The van der Waals surface area contributed by atoms with E-state index in [9.17, 15) is 14.4 Å². The molecule has 0 spiro atoms. The molecule has 1 fully saturated rings. The van der Waals surface area contributed by atoms with Gasteiger partial charge in [0.25, 0.3) is 5.91 Å². The smallest absolute Gasteiger partial charge is 0.344 e. The number of imidazole rings is 1. The third-order valence-electron chi connectivity index (χ3n) is 5.63. The number of carbonyl (C=O) groups is 3. The van der Waals surface area contributed by atoms with Crippen molar-refractivity contribution >= 4 is 29.6 Å². The maximum Gasteiger partial charge on any atom is 0.344 e. The molecule has 0 aliphatic carbocycles. The first-order valence-corrected chi connectivity index (χ1v) is 11.6. The second-order valence-corrected chi connectivity index (χ2v) is 9.06. The lowest BCUT2D eigenvalue weighted by Crippen LogP contribution is -2.48. The molecule has 1 aromatic heterocycles. The first-order valence-electron chi connectivity index (χ1n) is 10.6. The van der Waals surface area contributed by atoms with E-state index >= 15 is 0 Å². The summed E-state index contributed by atoms with van der Waals surface area (Å²) in [6.07, 6.45) is 3.49. The number of ether oxygens (including phenoxy) is 1. The predicted molar refractivity (Wildman–Crippen MR) is 128 cm³/mol. The molecule has 2 N–H and O–H groups in total. The van der Waals surface area contributed by atoms with E-state index in [-0.39, 0.29) is 5.75 Å². The molecule has 0 saturated carbocycles. The number of methoxy groups -OCH3 is 1. The number of hydrazine groups is 1. The molecule has 1 atom stereocenters. The largest absolute Gasteiger partial charge is 0.497 e. The summed E-state index contributed by atoms with van der Waals surface area (Å²) in [4.78, 5) is 42.6. The van der Waals surface area contributed by atoms with Crippen molar-refractivity contribution in [3.8, 4) is 11.4 Å². The summed E-state index contributed by atoms with van der Waals surface area (Å²) in [5, 5.41) is 4.00. The van der Waals surface area contributed by atoms with Gasteiger partial charge >= 0.3 is 6.03 Å². The van der Waals surface area contributed by atoms with Gasteiger partial charge in [-0.2, -0.15) is 5.01 Å². The van der Waals surface area contributed by atoms with Crippen LogP contribution in [0.5, 0.6) is 5.75 Å². The van der Waals surface area contributed by atoms with Gasteiger partial charge in [-0.05, 0) is 50.1 Å². The van der Waals surface area contributed by atoms with Crippen molar-refractivity contribution in [2.24, 2.45) is 0 Å². The average Bonchev–Trinajstić information content (AvgIpc) is 3.36. The van der Waals surface area contributed by atoms with Crippen LogP contribution in [-0.4, -0.2) is 45.3 Å². The minimum atomic E-state index is -1.33. The Labute approximate surface area is 201 Å². The Kier molecular flexibility index (Phi) is 6.34. The standard InChI is InChI=1S/C24H25N5O4S/c1-15-8-9-19(16(2)12-15)28-11-10-25-23(28)34-14-20(30)27-29-21(31)24(3,26-22(29)32)17-6-5-7-18(13-17)33-4/h5-13H,14H2,1-4H3,(H,26,32)(H,27,30)/t24-/m0/s1. The van der Waals surface area contributed by atoms with Gasteiger partial charge in [0.15, 0.2) is 5.16 Å². The SMILES string of the molecule is COc1cccc([C@]2(C)NC(=O)N(NC(=O)CSc3nccn3-c3ccc(C)cc3C)C2=O)c1. The molecule has 1 saturated heterocycles. The Morgan fingerprint density at radius 1 is 1.21 bits per heavy atom. The summed E-state index contributed by atoms with van der Waals surface area (Å²) in [5.74, 6) is -0.562. The number of benzene rings is 2. The van der Waals surface area contributed by atoms with Gasteiger partial charge in [-0.3, -0.25) is 19.6 Å². The molecule has 176 valence electrons. The van der Waals surface area contributed by atoms with Gasteiger partial charge in [0.2, 0.25) is 5.91 Å². The fraction of sp³-hybridized carbons (Fsp3) is 0.250. The zero-order chi connectivity index (χ0) is 24.5. The quantitative estimate of drug-likeness (QED) is 0.399. The number of amides is 4. The fourth-order valence-corrected chi connectivity index (χ4v) is 4.57. The lowest BCUT2D eigenvalue weighted by Gasteiger charge is -2.22. The molecular formula is C24H25N5O4S. The van der Waals surface area contributed by atoms with Gasteiger partial charge < -0.3 is 10.1 Å². The summed E-state index contributed by atoms with van der Waals surface area (Å²) in [5.41, 5.74) is 4.84. The zero-order valence-electron chi connectivity index (χ0n) is 19.3. The van der Waals surface area contributed by atoms with Crippen LogP contribution in [0.3, 0.4) is 0 Å². The molecule has 2 heterocycles. The Bertz CT molecular complexity index is 1270. The van der Waals surface area contributed by atoms with E-state index in [0.717, 1.165) is 21.8 Å². The van der Waals surface area contributed by atoms with Crippen molar-refractivity contribution in [2.75, 3.05) is 12.9 Å². The van der Waals surface area contributed by atoms with Crippen molar-refractivity contribution in [3.05, 3.63) is 71.5 Å². The number of imide groups is 1. The van der Waals surface area contributed by atoms with Gasteiger partial charge in [0.1, 0.15) is 11.3 Å². The van der Waals surface area contributed by atoms with Crippen LogP contribution >= 0.6 is 11.8 Å². The number of urea groups is 1. The van der Waals surface area contributed by atoms with Gasteiger partial charge in [-0.25, -0.2) is 9.78 Å². The molecule has 0 radical (unpaired) electrons. The molecule has 9 nitrogen and oxygen atoms in total. The lowest BCUT2D eigenvalue weighted by atomic mass is 9.92. The fourth-order valence-electron chi connectivity index (χ4n) is 3.81. The van der Waals surface area contributed by atoms with E-state index in [0.29, 0.717) is 16.5 Å². The molecular weight excluding hydrogens is 454 g/mol. The van der Waals surface area contributed by atoms with Crippen LogP contribution in [0.1, 0.15) is 23.6 Å². The molecule has 10 heteroatoms. The first kappa shape index (κ1) is 23.4. The summed E-state index contributed by atoms with van der Waals surface area (Å²) in [7, 11) is 1.52. The number of rotatable bonds is 7. The maximum absolute atomic E-state index is 13.1. The second kappa shape index (κ2) is 9.22. The Morgan fingerprint density at radius 3 is 2.74 bits per heavy atom. The lowest BCUT2D eigenvalue weighted by molar-refractivity contribution is -0.138. The van der Waals surface area contributed by atoms with Crippen LogP contribution in [0.4, 0.5) is 4.79 Å². The molecule has 4 amide bonds. The van der Waals surface area contributed by atoms with Crippen molar-refractivity contribution in [3.63, 3.8) is 0 Å². The zero-order valence-corrected chi connectivity index (χ0v) is 20.1. The number of hydrogen-bond acceptors (Lipinski definition) is 6. The predicted octanol–water partition coefficient (Wildman–Crippen LogP) is 3.09. The van der Waals surface area contributed by atoms with E-state index in [2.05, 4.69) is 21.8 Å². The highest BCUT2D eigenvalue weighted by molar-refractivity contribution is 7.99. The molecule has 3 aromatic rings. The second-order valence-electron chi connectivity index (χ2n) is 8.12. The van der Waals surface area contributed by atoms with Crippen molar-refractivity contribution < 1.29 is 19.1 Å². The number of aromatic nitrogens is 2. The molecule has 0 unspecified atom stereocenters. The van der Waals surface area contributed by atoms with Crippen LogP contribution in [0.15, 0.2) is 60.0 Å². The summed E-state index contributed by atoms with van der Waals surface area (Å²) >= 11 is 1.21. The molecule has 0 bridgehead atoms. The number of hydrogen-bond donors (Lipinski definition) is 2. The summed E-state index contributed by atoms with van der Waals surface area (Å²) in [6.45, 7) is 5.63. The van der Waals surface area contributed by atoms with Crippen LogP contribution in [0, 0.1) is 13.8 Å². The Hall–Kier alpha value is -3.79. The topological polar surface area (TPSA) is 106 Å². The maximum atomic E-state index is 13.1. The van der Waals surface area contributed by atoms with Crippen LogP contribution < -0.4 is 15.5 Å². The minimum Gasteiger partial charge on any atom is -0.497 e. The summed E-state index contributed by atoms with van der Waals surface area (Å²) in [6, 6.07) is 12.3. The monoisotopic (exact) mass is 479 g/mol. The number of thioether (sulfide) groups is 1. The van der Waals surface area contributed by atoms with Crippen molar-refractivity contribution in [1.82, 2.24) is 25.3 Å². The van der Waals surface area contributed by atoms with Crippen LogP contribution in [0.25, 0.3) is 5.69 Å². The van der Waals surface area contributed by atoms with E-state index in [1.807, 2.05) is 36.7 Å². The molecule has 1 aliphatic heterocycles. The van der Waals surface area contributed by atoms with Gasteiger partial charge in [0.05, 0.1) is 18.6 Å².